The highest BCUT2D eigenvalue weighted by molar-refractivity contribution is 5.24. The maximum atomic E-state index is 10.2. The summed E-state index contributed by atoms with van der Waals surface area (Å²) in [7, 11) is 1.86. The van der Waals surface area contributed by atoms with E-state index < -0.39 is 6.10 Å². The number of nitrogens with zero attached hydrogens (tertiary/aromatic N) is 4. The van der Waals surface area contributed by atoms with Crippen LogP contribution in [0.4, 0.5) is 0 Å². The third-order valence-corrected chi connectivity index (χ3v) is 2.69. The van der Waals surface area contributed by atoms with Gasteiger partial charge in [0, 0.05) is 25.2 Å². The van der Waals surface area contributed by atoms with Crippen molar-refractivity contribution in [1.82, 2.24) is 20.0 Å². The molecule has 0 aromatic carbocycles. The molecule has 5 nitrogen and oxygen atoms in total. The van der Waals surface area contributed by atoms with E-state index in [-0.39, 0.29) is 0 Å². The number of aliphatic hydroxyl groups is 1. The van der Waals surface area contributed by atoms with Crippen LogP contribution in [0, 0.1) is 13.8 Å². The average Bonchev–Trinajstić information content (AvgIpc) is 2.67. The Balaban J connectivity index is 2.19. The van der Waals surface area contributed by atoms with Crippen LogP contribution >= 0.6 is 0 Å². The minimum atomic E-state index is -0.562. The zero-order valence-corrected chi connectivity index (χ0v) is 10.3. The molecule has 2 rings (SSSR count). The topological polar surface area (TPSA) is 63.8 Å². The second kappa shape index (κ2) is 4.63. The first-order valence-corrected chi connectivity index (χ1v) is 5.52. The van der Waals surface area contributed by atoms with Crippen molar-refractivity contribution in [2.24, 2.45) is 7.05 Å². The van der Waals surface area contributed by atoms with Gasteiger partial charge in [-0.05, 0) is 25.5 Å². The molecular weight excluding hydrogens is 216 g/mol. The fourth-order valence-electron chi connectivity index (χ4n) is 1.82. The summed E-state index contributed by atoms with van der Waals surface area (Å²) in [5, 5.41) is 22.2. The van der Waals surface area contributed by atoms with Gasteiger partial charge in [-0.15, -0.1) is 0 Å². The summed E-state index contributed by atoms with van der Waals surface area (Å²) in [6.07, 6.45) is 3.65. The largest absolute Gasteiger partial charge is 0.388 e. The lowest BCUT2D eigenvalue weighted by Crippen LogP contribution is -2.06. The van der Waals surface area contributed by atoms with Crippen LogP contribution < -0.4 is 0 Å². The van der Waals surface area contributed by atoms with Gasteiger partial charge in [0.1, 0.15) is 0 Å². The summed E-state index contributed by atoms with van der Waals surface area (Å²) in [6, 6.07) is 1.88. The average molecular weight is 232 g/mol. The fourth-order valence-corrected chi connectivity index (χ4v) is 1.82. The van der Waals surface area contributed by atoms with Crippen LogP contribution in [0.15, 0.2) is 18.5 Å². The Morgan fingerprint density at radius 2 is 2.12 bits per heavy atom. The molecule has 1 unspecified atom stereocenters. The lowest BCUT2D eigenvalue weighted by Gasteiger charge is -2.12. The van der Waals surface area contributed by atoms with Crippen LogP contribution in [-0.2, 0) is 13.5 Å². The van der Waals surface area contributed by atoms with Gasteiger partial charge in [-0.2, -0.15) is 15.3 Å². The van der Waals surface area contributed by atoms with E-state index in [1.165, 1.54) is 0 Å². The van der Waals surface area contributed by atoms with E-state index in [1.807, 2.05) is 33.2 Å². The van der Waals surface area contributed by atoms with Crippen molar-refractivity contribution in [2.75, 3.05) is 0 Å². The van der Waals surface area contributed by atoms with Crippen LogP contribution in [0.5, 0.6) is 0 Å². The van der Waals surface area contributed by atoms with Crippen LogP contribution in [0.2, 0.25) is 0 Å². The zero-order valence-electron chi connectivity index (χ0n) is 10.3. The Morgan fingerprint density at radius 3 is 2.76 bits per heavy atom. The van der Waals surface area contributed by atoms with Crippen molar-refractivity contribution >= 4 is 0 Å². The standard InChI is InChI=1S/C12H16N4O/c1-8-4-11(9(2)15-14-8)12(17)5-10-6-13-16(3)7-10/h4,6-7,12,17H,5H2,1-3H3. The summed E-state index contributed by atoms with van der Waals surface area (Å²) in [6.45, 7) is 3.72. The van der Waals surface area contributed by atoms with Crippen LogP contribution in [0.25, 0.3) is 0 Å². The second-order valence-electron chi connectivity index (χ2n) is 4.27. The summed E-state index contributed by atoms with van der Waals surface area (Å²) < 4.78 is 1.73. The number of aromatic nitrogens is 4. The Morgan fingerprint density at radius 1 is 1.35 bits per heavy atom. The first-order chi connectivity index (χ1) is 8.06. The Kier molecular flexibility index (Phi) is 3.19. The Labute approximate surface area is 100 Å². The van der Waals surface area contributed by atoms with Crippen molar-refractivity contribution in [2.45, 2.75) is 26.4 Å². The molecule has 2 aromatic rings. The molecule has 0 saturated heterocycles. The van der Waals surface area contributed by atoms with E-state index in [9.17, 15) is 5.11 Å². The van der Waals surface area contributed by atoms with Gasteiger partial charge in [-0.1, -0.05) is 0 Å². The zero-order chi connectivity index (χ0) is 12.4. The SMILES string of the molecule is Cc1cc(C(O)Cc2cnn(C)c2)c(C)nn1. The third-order valence-electron chi connectivity index (χ3n) is 2.69. The first-order valence-electron chi connectivity index (χ1n) is 5.52. The summed E-state index contributed by atoms with van der Waals surface area (Å²) >= 11 is 0. The molecule has 0 aliphatic rings. The van der Waals surface area contributed by atoms with Crippen molar-refractivity contribution < 1.29 is 5.11 Å². The normalized spacial score (nSPS) is 12.7. The fraction of sp³-hybridized carbons (Fsp3) is 0.417. The predicted octanol–water partition coefficient (Wildman–Crippen LogP) is 1.10. The quantitative estimate of drug-likeness (QED) is 0.860. The maximum absolute atomic E-state index is 10.2. The molecule has 0 radical (unpaired) electrons. The minimum absolute atomic E-state index is 0.541. The number of aliphatic hydroxyl groups excluding tert-OH is 1. The number of rotatable bonds is 3. The Hall–Kier alpha value is -1.75. The van der Waals surface area contributed by atoms with Gasteiger partial charge in [0.05, 0.1) is 23.7 Å². The summed E-state index contributed by atoms with van der Waals surface area (Å²) in [5.74, 6) is 0. The van der Waals surface area contributed by atoms with Crippen molar-refractivity contribution in [1.29, 1.82) is 0 Å². The highest BCUT2D eigenvalue weighted by atomic mass is 16.3. The molecule has 1 N–H and O–H groups in total. The van der Waals surface area contributed by atoms with Crippen LogP contribution in [0.3, 0.4) is 0 Å². The molecule has 1 atom stereocenters. The molecule has 90 valence electrons. The van der Waals surface area contributed by atoms with Gasteiger partial charge in [-0.25, -0.2) is 0 Å². The molecule has 0 amide bonds. The maximum Gasteiger partial charge on any atom is 0.0850 e. The van der Waals surface area contributed by atoms with Crippen molar-refractivity contribution in [3.63, 3.8) is 0 Å². The molecule has 0 fully saturated rings. The molecule has 0 saturated carbocycles. The van der Waals surface area contributed by atoms with Gasteiger partial charge >= 0.3 is 0 Å². The minimum Gasteiger partial charge on any atom is -0.388 e. The molecule has 2 aromatic heterocycles. The molecular formula is C12H16N4O. The van der Waals surface area contributed by atoms with E-state index in [0.717, 1.165) is 22.5 Å². The lowest BCUT2D eigenvalue weighted by atomic mass is 10.0. The molecule has 17 heavy (non-hydrogen) atoms. The highest BCUT2D eigenvalue weighted by Gasteiger charge is 2.13. The monoisotopic (exact) mass is 232 g/mol. The second-order valence-corrected chi connectivity index (χ2v) is 4.27. The molecule has 0 spiro atoms. The summed E-state index contributed by atoms with van der Waals surface area (Å²) in [5.41, 5.74) is 3.43. The predicted molar refractivity (Wildman–Crippen MR) is 63.4 cm³/mol. The van der Waals surface area contributed by atoms with Gasteiger partial charge in [-0.3, -0.25) is 4.68 Å². The van der Waals surface area contributed by atoms with Gasteiger partial charge in [0.2, 0.25) is 0 Å². The smallest absolute Gasteiger partial charge is 0.0850 e. The van der Waals surface area contributed by atoms with Crippen molar-refractivity contribution in [3.8, 4) is 0 Å². The molecule has 0 aliphatic heterocycles. The van der Waals surface area contributed by atoms with E-state index in [0.29, 0.717) is 6.42 Å². The number of hydrogen-bond acceptors (Lipinski definition) is 4. The van der Waals surface area contributed by atoms with Crippen molar-refractivity contribution in [3.05, 3.63) is 41.0 Å². The third kappa shape index (κ3) is 2.68. The van der Waals surface area contributed by atoms with E-state index in [1.54, 1.807) is 10.9 Å². The molecule has 0 bridgehead atoms. The summed E-state index contributed by atoms with van der Waals surface area (Å²) in [4.78, 5) is 0. The van der Waals surface area contributed by atoms with Crippen LogP contribution in [0.1, 0.15) is 28.6 Å². The van der Waals surface area contributed by atoms with E-state index >= 15 is 0 Å². The van der Waals surface area contributed by atoms with Gasteiger partial charge in [0.25, 0.3) is 0 Å². The van der Waals surface area contributed by atoms with E-state index in [2.05, 4.69) is 15.3 Å². The lowest BCUT2D eigenvalue weighted by molar-refractivity contribution is 0.177. The molecule has 0 aliphatic carbocycles. The van der Waals surface area contributed by atoms with Gasteiger partial charge in [0.15, 0.2) is 0 Å². The molecule has 2 heterocycles. The van der Waals surface area contributed by atoms with E-state index in [4.69, 9.17) is 0 Å². The first kappa shape index (κ1) is 11.7. The number of hydrogen-bond donors (Lipinski definition) is 1. The number of aryl methyl sites for hydroxylation is 3. The van der Waals surface area contributed by atoms with Gasteiger partial charge < -0.3 is 5.11 Å². The Bertz CT molecular complexity index is 521. The highest BCUT2D eigenvalue weighted by Crippen LogP contribution is 2.20. The molecule has 5 heteroatoms. The van der Waals surface area contributed by atoms with Crippen LogP contribution in [-0.4, -0.2) is 25.1 Å².